The second-order valence-corrected chi connectivity index (χ2v) is 15.4. The van der Waals surface area contributed by atoms with Gasteiger partial charge < -0.3 is 25.5 Å². The van der Waals surface area contributed by atoms with Gasteiger partial charge in [0.15, 0.2) is 5.96 Å². The van der Waals surface area contributed by atoms with E-state index in [0.717, 1.165) is 23.6 Å². The average Bonchev–Trinajstić information content (AvgIpc) is 2.99. The van der Waals surface area contributed by atoms with Gasteiger partial charge in [-0.2, -0.15) is 0 Å². The lowest BCUT2D eigenvalue weighted by molar-refractivity contribution is -0.121. The summed E-state index contributed by atoms with van der Waals surface area (Å²) in [7, 11) is 0. The van der Waals surface area contributed by atoms with Gasteiger partial charge in [0.05, 0.1) is 29.6 Å². The maximum Gasteiger partial charge on any atom is 0.262 e. The van der Waals surface area contributed by atoms with Crippen LogP contribution in [0, 0.1) is 23.2 Å². The van der Waals surface area contributed by atoms with Crippen molar-refractivity contribution in [1.29, 1.82) is 0 Å². The summed E-state index contributed by atoms with van der Waals surface area (Å²) in [6, 6.07) is 11.0. The number of likely N-dealkylation sites (tertiary alicyclic amines) is 1. The molecule has 3 N–H and O–H groups in total. The molecule has 1 amide bonds. The maximum absolute atomic E-state index is 14.1. The van der Waals surface area contributed by atoms with Gasteiger partial charge in [0.1, 0.15) is 0 Å². The molecule has 0 radical (unpaired) electrons. The highest BCUT2D eigenvalue weighted by Gasteiger charge is 2.56. The van der Waals surface area contributed by atoms with Crippen LogP contribution >= 0.6 is 23.2 Å². The van der Waals surface area contributed by atoms with Crippen molar-refractivity contribution >= 4 is 57.6 Å². The van der Waals surface area contributed by atoms with Crippen LogP contribution < -0.4 is 21.1 Å². The molecule has 250 valence electrons. The van der Waals surface area contributed by atoms with Gasteiger partial charge in [0.25, 0.3) is 5.56 Å². The van der Waals surface area contributed by atoms with Crippen LogP contribution in [0.3, 0.4) is 0 Å². The molecule has 2 aliphatic heterocycles. The van der Waals surface area contributed by atoms with Crippen LogP contribution in [-0.4, -0.2) is 75.8 Å². The highest BCUT2D eigenvalue weighted by atomic mass is 35.5. The Balaban J connectivity index is 1.22. The molecule has 10 nitrogen and oxygen atoms in total. The van der Waals surface area contributed by atoms with E-state index in [0.29, 0.717) is 82.7 Å². The van der Waals surface area contributed by atoms with Crippen molar-refractivity contribution in [3.63, 3.8) is 0 Å². The SMILES string of the molecule is C[C@@H]1[C@@H](/N=C(/Nc2ccc3c(=O)n(CCc4ccc(Cl)cc4Cl)c(N4CC(=O)N[C@@H](C)C4)nc3c2)N2CC(O)C2)C[C@H]2C[C@@H]1C2(C)C. The minimum absolute atomic E-state index is 0.0968. The number of aryl methyl sites for hydroxylation is 1. The Morgan fingerprint density at radius 3 is 2.57 bits per heavy atom. The summed E-state index contributed by atoms with van der Waals surface area (Å²) in [5.74, 6) is 2.91. The Morgan fingerprint density at radius 2 is 1.89 bits per heavy atom. The molecule has 2 aromatic carbocycles. The number of hydrogen-bond donors (Lipinski definition) is 3. The van der Waals surface area contributed by atoms with Crippen LogP contribution in [0.5, 0.6) is 0 Å². The van der Waals surface area contributed by atoms with Crippen molar-refractivity contribution in [2.45, 2.75) is 71.7 Å². The molecule has 12 heteroatoms. The molecule has 3 saturated carbocycles. The van der Waals surface area contributed by atoms with Crippen LogP contribution in [0.2, 0.25) is 10.0 Å². The molecule has 3 aromatic rings. The summed E-state index contributed by atoms with van der Waals surface area (Å²) in [5, 5.41) is 18.2. The van der Waals surface area contributed by atoms with Crippen molar-refractivity contribution in [3.05, 3.63) is 62.4 Å². The molecule has 5 fully saturated rings. The van der Waals surface area contributed by atoms with E-state index in [-0.39, 0.29) is 36.2 Å². The molecule has 8 rings (SSSR count). The lowest BCUT2D eigenvalue weighted by atomic mass is 9.45. The second-order valence-electron chi connectivity index (χ2n) is 14.6. The quantitative estimate of drug-likeness (QED) is 0.254. The van der Waals surface area contributed by atoms with E-state index in [2.05, 4.69) is 36.3 Å². The van der Waals surface area contributed by atoms with E-state index in [1.807, 2.05) is 30.0 Å². The number of aliphatic imine (C=N–C) groups is 1. The van der Waals surface area contributed by atoms with Gasteiger partial charge in [0.2, 0.25) is 11.9 Å². The first-order valence-electron chi connectivity index (χ1n) is 16.7. The van der Waals surface area contributed by atoms with Crippen molar-refractivity contribution in [3.8, 4) is 0 Å². The lowest BCUT2D eigenvalue weighted by Crippen LogP contribution is -2.58. The van der Waals surface area contributed by atoms with E-state index in [1.165, 1.54) is 6.42 Å². The number of fused-ring (bicyclic) bond motifs is 3. The Labute approximate surface area is 285 Å². The molecular weight excluding hydrogens is 637 g/mol. The molecule has 0 unspecified atom stereocenters. The fourth-order valence-electron chi connectivity index (χ4n) is 8.17. The van der Waals surface area contributed by atoms with Crippen LogP contribution in [0.1, 0.15) is 46.1 Å². The Morgan fingerprint density at radius 1 is 1.11 bits per heavy atom. The first-order valence-corrected chi connectivity index (χ1v) is 17.4. The summed E-state index contributed by atoms with van der Waals surface area (Å²) >= 11 is 12.6. The van der Waals surface area contributed by atoms with E-state index in [4.69, 9.17) is 33.2 Å². The van der Waals surface area contributed by atoms with Crippen molar-refractivity contribution in [1.82, 2.24) is 19.8 Å². The first-order chi connectivity index (χ1) is 22.4. The zero-order chi connectivity index (χ0) is 33.2. The summed E-state index contributed by atoms with van der Waals surface area (Å²) in [4.78, 5) is 40.9. The molecule has 5 aliphatic rings. The Bertz CT molecular complexity index is 1800. The number of anilines is 2. The predicted molar refractivity (Wildman–Crippen MR) is 188 cm³/mol. The molecule has 2 bridgehead atoms. The number of hydrogen-bond acceptors (Lipinski definition) is 6. The second kappa shape index (κ2) is 12.3. The number of guanidine groups is 1. The van der Waals surface area contributed by atoms with E-state index >= 15 is 0 Å². The molecule has 47 heavy (non-hydrogen) atoms. The molecule has 2 saturated heterocycles. The van der Waals surface area contributed by atoms with E-state index < -0.39 is 0 Å². The summed E-state index contributed by atoms with van der Waals surface area (Å²) < 4.78 is 1.65. The van der Waals surface area contributed by atoms with Gasteiger partial charge >= 0.3 is 0 Å². The number of benzene rings is 2. The van der Waals surface area contributed by atoms with Crippen LogP contribution in [0.4, 0.5) is 11.6 Å². The predicted octanol–water partition coefficient (Wildman–Crippen LogP) is 4.79. The monoisotopic (exact) mass is 679 g/mol. The smallest absolute Gasteiger partial charge is 0.262 e. The normalized spacial score (nSPS) is 27.3. The summed E-state index contributed by atoms with van der Waals surface area (Å²) in [6.07, 6.45) is 2.47. The number of aromatic nitrogens is 2. The molecule has 5 atom stereocenters. The third-order valence-electron chi connectivity index (χ3n) is 11.1. The zero-order valence-electron chi connectivity index (χ0n) is 27.3. The van der Waals surface area contributed by atoms with Crippen LogP contribution in [0.25, 0.3) is 10.9 Å². The van der Waals surface area contributed by atoms with E-state index in [9.17, 15) is 14.7 Å². The number of amides is 1. The Kier molecular flexibility index (Phi) is 8.42. The number of carbonyl (C=O) groups excluding carboxylic acids is 1. The van der Waals surface area contributed by atoms with Crippen molar-refractivity contribution in [2.75, 3.05) is 36.4 Å². The molecule has 3 aliphatic carbocycles. The molecular formula is C35H43Cl2N7O3. The number of halogens is 2. The highest BCUT2D eigenvalue weighted by Crippen LogP contribution is 2.61. The number of β-amino-alcohol motifs (C(OH)–C–C–N with tert-alkyl or cyclic N) is 1. The minimum atomic E-state index is -0.371. The van der Waals surface area contributed by atoms with Crippen molar-refractivity contribution < 1.29 is 9.90 Å². The summed E-state index contributed by atoms with van der Waals surface area (Å²) in [5.41, 5.74) is 2.35. The van der Waals surface area contributed by atoms with Gasteiger partial charge in [-0.05, 0) is 85.3 Å². The van der Waals surface area contributed by atoms with E-state index in [1.54, 1.807) is 22.8 Å². The zero-order valence-corrected chi connectivity index (χ0v) is 28.9. The van der Waals surface area contributed by atoms with Crippen molar-refractivity contribution in [2.24, 2.45) is 28.2 Å². The third-order valence-corrected chi connectivity index (χ3v) is 11.7. The van der Waals surface area contributed by atoms with Gasteiger partial charge in [-0.3, -0.25) is 14.2 Å². The molecule has 1 aromatic heterocycles. The van der Waals surface area contributed by atoms with Gasteiger partial charge in [-0.1, -0.05) is 50.0 Å². The first kappa shape index (κ1) is 32.2. The van der Waals surface area contributed by atoms with Gasteiger partial charge in [-0.25, -0.2) is 9.98 Å². The molecule has 3 heterocycles. The number of nitrogens with zero attached hydrogens (tertiary/aromatic N) is 5. The van der Waals surface area contributed by atoms with Crippen LogP contribution in [-0.2, 0) is 17.8 Å². The number of carbonyl (C=O) groups is 1. The number of aliphatic hydroxyl groups is 1. The standard InChI is InChI=1S/C35H43Cl2N7O3/c1-19-15-43(18-31(46)38-19)34-41-30-14-24(7-8-26(30)32(47)44(34)10-9-21-5-6-23(36)13-28(21)37)39-33(42-16-25(45)17-42)40-29-12-22-11-27(20(29)2)35(22,3)4/h5-8,13-14,19-20,22,25,27,29,45H,9-12,15-18H2,1-4H3,(H,38,46)(H,39,40)/t19-,20-,22+,27-,29-/m0/s1. The highest BCUT2D eigenvalue weighted by molar-refractivity contribution is 6.35. The van der Waals surface area contributed by atoms with Gasteiger partial charge in [0, 0.05) is 48.0 Å². The average molecular weight is 681 g/mol. The molecule has 0 spiro atoms. The largest absolute Gasteiger partial charge is 0.389 e. The minimum Gasteiger partial charge on any atom is -0.389 e. The number of rotatable bonds is 6. The number of aliphatic hydroxyl groups excluding tert-OH is 1. The lowest BCUT2D eigenvalue weighted by Gasteiger charge is -2.61. The number of nitrogens with one attached hydrogen (secondary N) is 2. The fraction of sp³-hybridized carbons (Fsp3) is 0.543. The maximum atomic E-state index is 14.1. The van der Waals surface area contributed by atoms with Crippen LogP contribution in [0.15, 0.2) is 46.2 Å². The Hall–Kier alpha value is -3.34. The van der Waals surface area contributed by atoms with Gasteiger partial charge in [-0.15, -0.1) is 0 Å². The fourth-order valence-corrected chi connectivity index (χ4v) is 8.68. The topological polar surface area (TPSA) is 115 Å². The third kappa shape index (κ3) is 6.08. The summed E-state index contributed by atoms with van der Waals surface area (Å²) in [6.45, 7) is 11.1. The number of piperazine rings is 1.